The zero-order valence-corrected chi connectivity index (χ0v) is 10.1. The number of rotatable bonds is 3. The molecule has 1 aromatic carbocycles. The SMILES string of the molecule is OC(c1cc2c(cc1Cl)OCCO2)C(F)(F)C(F)F. The van der Waals surface area contributed by atoms with E-state index in [2.05, 4.69) is 0 Å². The molecule has 0 saturated carbocycles. The van der Waals surface area contributed by atoms with Crippen LogP contribution >= 0.6 is 11.6 Å². The number of benzene rings is 1. The van der Waals surface area contributed by atoms with Gasteiger partial charge < -0.3 is 14.6 Å². The number of hydrogen-bond acceptors (Lipinski definition) is 3. The minimum absolute atomic E-state index is 0.0785. The monoisotopic (exact) mass is 300 g/mol. The van der Waals surface area contributed by atoms with Crippen LogP contribution in [0.4, 0.5) is 17.6 Å². The van der Waals surface area contributed by atoms with Crippen LogP contribution in [-0.4, -0.2) is 30.7 Å². The summed E-state index contributed by atoms with van der Waals surface area (Å²) in [6.07, 6.45) is -6.73. The van der Waals surface area contributed by atoms with Crippen LogP contribution < -0.4 is 9.47 Å². The maximum absolute atomic E-state index is 13.1. The Kier molecular flexibility index (Phi) is 3.78. The predicted octanol–water partition coefficient (Wildman–Crippen LogP) is 3.05. The molecule has 0 fully saturated rings. The summed E-state index contributed by atoms with van der Waals surface area (Å²) < 4.78 is 60.9. The lowest BCUT2D eigenvalue weighted by Gasteiger charge is -2.25. The average molecular weight is 301 g/mol. The molecular weight excluding hydrogens is 292 g/mol. The summed E-state index contributed by atoms with van der Waals surface area (Å²) in [6.45, 7) is 0.452. The van der Waals surface area contributed by atoms with E-state index in [4.69, 9.17) is 21.1 Å². The van der Waals surface area contributed by atoms with E-state index in [1.807, 2.05) is 0 Å². The Bertz CT molecular complexity index is 481. The van der Waals surface area contributed by atoms with Gasteiger partial charge in [0.2, 0.25) is 0 Å². The van der Waals surface area contributed by atoms with Crippen molar-refractivity contribution >= 4 is 11.6 Å². The van der Waals surface area contributed by atoms with E-state index in [0.29, 0.717) is 0 Å². The highest BCUT2D eigenvalue weighted by Gasteiger charge is 2.49. The lowest BCUT2D eigenvalue weighted by atomic mass is 10.0. The normalized spacial score (nSPS) is 16.6. The van der Waals surface area contributed by atoms with Gasteiger partial charge in [0.15, 0.2) is 11.5 Å². The quantitative estimate of drug-likeness (QED) is 0.872. The molecule has 0 aliphatic carbocycles. The third kappa shape index (κ3) is 2.57. The fraction of sp³-hybridized carbons (Fsp3) is 0.455. The van der Waals surface area contributed by atoms with Gasteiger partial charge in [-0.2, -0.15) is 8.78 Å². The molecular formula is C11H9ClF4O3. The molecule has 0 saturated heterocycles. The molecule has 1 atom stereocenters. The molecule has 2 rings (SSSR count). The fourth-order valence-electron chi connectivity index (χ4n) is 1.62. The Morgan fingerprint density at radius 2 is 1.68 bits per heavy atom. The number of hydrogen-bond donors (Lipinski definition) is 1. The van der Waals surface area contributed by atoms with E-state index in [1.165, 1.54) is 0 Å². The van der Waals surface area contributed by atoms with E-state index >= 15 is 0 Å². The van der Waals surface area contributed by atoms with E-state index in [0.717, 1.165) is 12.1 Å². The van der Waals surface area contributed by atoms with E-state index in [-0.39, 0.29) is 29.7 Å². The van der Waals surface area contributed by atoms with Crippen molar-refractivity contribution in [2.45, 2.75) is 18.5 Å². The van der Waals surface area contributed by atoms with E-state index in [9.17, 15) is 22.7 Å². The van der Waals surface area contributed by atoms with Crippen LogP contribution in [0.5, 0.6) is 11.5 Å². The first-order valence-electron chi connectivity index (χ1n) is 5.27. The third-order valence-corrected chi connectivity index (χ3v) is 2.94. The van der Waals surface area contributed by atoms with Crippen LogP contribution in [0.3, 0.4) is 0 Å². The molecule has 8 heteroatoms. The van der Waals surface area contributed by atoms with Crippen molar-refractivity contribution in [3.63, 3.8) is 0 Å². The molecule has 19 heavy (non-hydrogen) atoms. The first-order chi connectivity index (χ1) is 8.84. The Hall–Kier alpha value is -1.21. The summed E-state index contributed by atoms with van der Waals surface area (Å²) in [5, 5.41) is 9.10. The van der Waals surface area contributed by atoms with Crippen molar-refractivity contribution in [2.75, 3.05) is 13.2 Å². The highest BCUT2D eigenvalue weighted by atomic mass is 35.5. The molecule has 106 valence electrons. The topological polar surface area (TPSA) is 38.7 Å². The predicted molar refractivity (Wildman–Crippen MR) is 58.4 cm³/mol. The first-order valence-corrected chi connectivity index (χ1v) is 5.65. The molecule has 3 nitrogen and oxygen atoms in total. The highest BCUT2D eigenvalue weighted by molar-refractivity contribution is 6.31. The number of alkyl halides is 4. The van der Waals surface area contributed by atoms with Crippen molar-refractivity contribution < 1.29 is 32.1 Å². The first kappa shape index (κ1) is 14.2. The third-order valence-electron chi connectivity index (χ3n) is 2.61. The molecule has 1 aliphatic rings. The summed E-state index contributed by atoms with van der Waals surface area (Å²) >= 11 is 5.69. The Balaban J connectivity index is 2.40. The van der Waals surface area contributed by atoms with Crippen LogP contribution in [0.1, 0.15) is 11.7 Å². The lowest BCUT2D eigenvalue weighted by molar-refractivity contribution is -0.193. The van der Waals surface area contributed by atoms with Crippen LogP contribution in [0, 0.1) is 0 Å². The van der Waals surface area contributed by atoms with Gasteiger partial charge >= 0.3 is 12.3 Å². The van der Waals surface area contributed by atoms with Gasteiger partial charge in [-0.05, 0) is 6.07 Å². The van der Waals surface area contributed by atoms with E-state index < -0.39 is 24.0 Å². The van der Waals surface area contributed by atoms with Crippen LogP contribution in [0.15, 0.2) is 12.1 Å². The van der Waals surface area contributed by atoms with Crippen molar-refractivity contribution in [3.05, 3.63) is 22.7 Å². The molecule has 1 heterocycles. The summed E-state index contributed by atoms with van der Waals surface area (Å²) in [5.74, 6) is -4.31. The van der Waals surface area contributed by atoms with Crippen molar-refractivity contribution in [1.82, 2.24) is 0 Å². The maximum atomic E-state index is 13.1. The van der Waals surface area contributed by atoms with Gasteiger partial charge in [-0.25, -0.2) is 8.78 Å². The van der Waals surface area contributed by atoms with Crippen molar-refractivity contribution in [1.29, 1.82) is 0 Å². The second-order valence-corrected chi connectivity index (χ2v) is 4.30. The Morgan fingerprint density at radius 3 is 2.21 bits per heavy atom. The summed E-state index contributed by atoms with van der Waals surface area (Å²) in [7, 11) is 0. The molecule has 1 aliphatic heterocycles. The van der Waals surface area contributed by atoms with Crippen molar-refractivity contribution in [3.8, 4) is 11.5 Å². The molecule has 0 spiro atoms. The second-order valence-electron chi connectivity index (χ2n) is 3.90. The minimum Gasteiger partial charge on any atom is -0.486 e. The average Bonchev–Trinajstić information content (AvgIpc) is 2.36. The smallest absolute Gasteiger partial charge is 0.336 e. The lowest BCUT2D eigenvalue weighted by Crippen LogP contribution is -2.34. The summed E-state index contributed by atoms with van der Waals surface area (Å²) in [4.78, 5) is 0. The number of aliphatic hydroxyl groups is 1. The van der Waals surface area contributed by atoms with Gasteiger partial charge in [0.05, 0.1) is 5.02 Å². The molecule has 0 amide bonds. The zero-order chi connectivity index (χ0) is 14.2. The van der Waals surface area contributed by atoms with Gasteiger partial charge in [0, 0.05) is 11.6 Å². The highest BCUT2D eigenvalue weighted by Crippen LogP contribution is 2.43. The Labute approximate surface area is 110 Å². The zero-order valence-electron chi connectivity index (χ0n) is 9.38. The molecule has 0 aromatic heterocycles. The van der Waals surface area contributed by atoms with Crippen LogP contribution in [-0.2, 0) is 0 Å². The van der Waals surface area contributed by atoms with Gasteiger partial charge in [0.25, 0.3) is 0 Å². The molecule has 1 unspecified atom stereocenters. The standard InChI is InChI=1S/C11H9ClF4O3/c12-6-4-8-7(18-1-2-19-8)3-5(6)9(17)11(15,16)10(13)14/h3-4,9-10,17H,1-2H2. The van der Waals surface area contributed by atoms with Crippen LogP contribution in [0.25, 0.3) is 0 Å². The molecule has 1 N–H and O–H groups in total. The number of fused-ring (bicyclic) bond motifs is 1. The van der Waals surface area contributed by atoms with Crippen molar-refractivity contribution in [2.24, 2.45) is 0 Å². The number of ether oxygens (including phenoxy) is 2. The summed E-state index contributed by atoms with van der Waals surface area (Å²) in [5.41, 5.74) is -0.531. The van der Waals surface area contributed by atoms with Gasteiger partial charge in [0.1, 0.15) is 19.3 Å². The summed E-state index contributed by atoms with van der Waals surface area (Å²) in [6, 6.07) is 2.13. The van der Waals surface area contributed by atoms with Gasteiger partial charge in [-0.3, -0.25) is 0 Å². The Morgan fingerprint density at radius 1 is 1.16 bits per heavy atom. The number of halogens is 5. The van der Waals surface area contributed by atoms with E-state index in [1.54, 1.807) is 0 Å². The fourth-order valence-corrected chi connectivity index (χ4v) is 1.87. The molecule has 0 radical (unpaired) electrons. The van der Waals surface area contributed by atoms with Crippen LogP contribution in [0.2, 0.25) is 5.02 Å². The molecule has 0 bridgehead atoms. The molecule has 1 aromatic rings. The van der Waals surface area contributed by atoms with Gasteiger partial charge in [-0.15, -0.1) is 0 Å². The second kappa shape index (κ2) is 5.05. The largest absolute Gasteiger partial charge is 0.486 e. The van der Waals surface area contributed by atoms with Gasteiger partial charge in [-0.1, -0.05) is 11.6 Å². The maximum Gasteiger partial charge on any atom is 0.336 e. The minimum atomic E-state index is -4.60. The number of aliphatic hydroxyl groups excluding tert-OH is 1.